The molecular weight excluding hydrogens is 470 g/mol. The zero-order valence-electron chi connectivity index (χ0n) is 21.4. The van der Waals surface area contributed by atoms with Crippen molar-refractivity contribution in [3.05, 3.63) is 76.2 Å². The predicted molar refractivity (Wildman–Crippen MR) is 147 cm³/mol. The molecule has 1 unspecified atom stereocenters. The van der Waals surface area contributed by atoms with Crippen LogP contribution in [0.1, 0.15) is 53.6 Å². The van der Waals surface area contributed by atoms with Crippen LogP contribution in [0.4, 0.5) is 10.7 Å². The highest BCUT2D eigenvalue weighted by molar-refractivity contribution is 7.17. The van der Waals surface area contributed by atoms with E-state index < -0.39 is 0 Å². The van der Waals surface area contributed by atoms with Crippen molar-refractivity contribution in [3.63, 3.8) is 0 Å². The van der Waals surface area contributed by atoms with Gasteiger partial charge in [-0.1, -0.05) is 51.1 Å². The molecule has 190 valence electrons. The van der Waals surface area contributed by atoms with Crippen LogP contribution in [-0.2, 0) is 24.2 Å². The van der Waals surface area contributed by atoms with E-state index in [1.54, 1.807) is 18.4 Å². The first-order valence-electron chi connectivity index (χ1n) is 12.4. The highest BCUT2D eigenvalue weighted by Crippen LogP contribution is 2.44. The summed E-state index contributed by atoms with van der Waals surface area (Å²) in [5, 5.41) is 9.86. The molecule has 3 aromatic rings. The van der Waals surface area contributed by atoms with Crippen molar-refractivity contribution >= 4 is 33.8 Å². The van der Waals surface area contributed by atoms with Gasteiger partial charge in [0.05, 0.1) is 19.2 Å². The highest BCUT2D eigenvalue weighted by Gasteiger charge is 2.34. The Balaban J connectivity index is 1.52. The van der Waals surface area contributed by atoms with Crippen molar-refractivity contribution in [3.8, 4) is 5.75 Å². The zero-order chi connectivity index (χ0) is 25.7. The molecule has 0 bridgehead atoms. The molecule has 0 radical (unpaired) electrons. The van der Waals surface area contributed by atoms with Gasteiger partial charge in [0.25, 0.3) is 5.91 Å². The molecule has 36 heavy (non-hydrogen) atoms. The Kier molecular flexibility index (Phi) is 8.11. The van der Waals surface area contributed by atoms with Crippen molar-refractivity contribution in [2.75, 3.05) is 24.3 Å². The lowest BCUT2D eigenvalue weighted by molar-refractivity contribution is -0.115. The average Bonchev–Trinajstić information content (AvgIpc) is 3.21. The molecule has 0 saturated heterocycles. The van der Waals surface area contributed by atoms with Crippen LogP contribution < -0.4 is 20.7 Å². The van der Waals surface area contributed by atoms with Gasteiger partial charge in [-0.2, -0.15) is 0 Å². The van der Waals surface area contributed by atoms with Crippen molar-refractivity contribution < 1.29 is 14.3 Å². The number of ether oxygens (including phenoxy) is 1. The third kappa shape index (κ3) is 6.33. The molecule has 4 rings (SSSR count). The van der Waals surface area contributed by atoms with Gasteiger partial charge in [-0.05, 0) is 66.0 Å². The van der Waals surface area contributed by atoms with Gasteiger partial charge in [-0.25, -0.2) is 0 Å². The number of amides is 2. The summed E-state index contributed by atoms with van der Waals surface area (Å²) in [5.74, 6) is 0.914. The van der Waals surface area contributed by atoms with Gasteiger partial charge in [0, 0.05) is 17.1 Å². The molecule has 3 N–H and O–H groups in total. The Morgan fingerprint density at radius 3 is 2.42 bits per heavy atom. The SMILES string of the molecule is COc1ccc(NC(=O)c2c(NC(=O)CNCc3ccccc3)sc3c2CCC(C(C)(C)C)C3)cc1. The molecule has 0 saturated carbocycles. The van der Waals surface area contributed by atoms with Crippen LogP contribution in [0.5, 0.6) is 5.75 Å². The fourth-order valence-corrected chi connectivity index (χ4v) is 5.95. The summed E-state index contributed by atoms with van der Waals surface area (Å²) in [4.78, 5) is 27.5. The molecule has 0 aliphatic heterocycles. The Morgan fingerprint density at radius 2 is 1.75 bits per heavy atom. The number of fused-ring (bicyclic) bond motifs is 1. The summed E-state index contributed by atoms with van der Waals surface area (Å²) in [6.45, 7) is 7.59. The Hall–Kier alpha value is -3.16. The lowest BCUT2D eigenvalue weighted by Gasteiger charge is -2.33. The minimum atomic E-state index is -0.195. The highest BCUT2D eigenvalue weighted by atomic mass is 32.1. The minimum Gasteiger partial charge on any atom is -0.497 e. The molecular formula is C29H35N3O3S. The topological polar surface area (TPSA) is 79.5 Å². The van der Waals surface area contributed by atoms with Gasteiger partial charge in [0.15, 0.2) is 0 Å². The van der Waals surface area contributed by atoms with Gasteiger partial charge in [-0.3, -0.25) is 9.59 Å². The molecule has 1 heterocycles. The quantitative estimate of drug-likeness (QED) is 0.357. The molecule has 1 atom stereocenters. The van der Waals surface area contributed by atoms with Gasteiger partial charge >= 0.3 is 0 Å². The Bertz CT molecular complexity index is 1200. The van der Waals surface area contributed by atoms with Crippen molar-refractivity contribution in [2.24, 2.45) is 11.3 Å². The third-order valence-electron chi connectivity index (χ3n) is 6.78. The van der Waals surface area contributed by atoms with E-state index in [9.17, 15) is 9.59 Å². The molecule has 6 nitrogen and oxygen atoms in total. The fourth-order valence-electron chi connectivity index (χ4n) is 4.61. The molecule has 2 aromatic carbocycles. The van der Waals surface area contributed by atoms with E-state index in [2.05, 4.69) is 36.7 Å². The molecule has 1 aliphatic rings. The van der Waals surface area contributed by atoms with Gasteiger partial charge < -0.3 is 20.7 Å². The molecule has 1 aromatic heterocycles. The van der Waals surface area contributed by atoms with E-state index in [0.717, 1.165) is 36.1 Å². The number of methoxy groups -OCH3 is 1. The second-order valence-electron chi connectivity index (χ2n) is 10.3. The number of hydrogen-bond donors (Lipinski definition) is 3. The first-order valence-corrected chi connectivity index (χ1v) is 13.2. The summed E-state index contributed by atoms with van der Waals surface area (Å²) in [7, 11) is 1.61. The number of anilines is 2. The van der Waals surface area contributed by atoms with Crippen LogP contribution in [0.25, 0.3) is 0 Å². The zero-order valence-corrected chi connectivity index (χ0v) is 22.3. The van der Waals surface area contributed by atoms with Gasteiger partial charge in [0.1, 0.15) is 10.8 Å². The van der Waals surface area contributed by atoms with Crippen LogP contribution in [-0.4, -0.2) is 25.5 Å². The van der Waals surface area contributed by atoms with Crippen LogP contribution in [0.3, 0.4) is 0 Å². The first kappa shape index (κ1) is 25.9. The maximum Gasteiger partial charge on any atom is 0.258 e. The van der Waals surface area contributed by atoms with E-state index in [1.807, 2.05) is 54.6 Å². The lowest BCUT2D eigenvalue weighted by Crippen LogP contribution is -2.28. The molecule has 7 heteroatoms. The molecule has 0 fully saturated rings. The third-order valence-corrected chi connectivity index (χ3v) is 7.95. The van der Waals surface area contributed by atoms with Crippen LogP contribution >= 0.6 is 11.3 Å². The van der Waals surface area contributed by atoms with E-state index in [1.165, 1.54) is 4.88 Å². The van der Waals surface area contributed by atoms with Crippen LogP contribution in [0.2, 0.25) is 0 Å². The normalized spacial score (nSPS) is 15.2. The number of hydrogen-bond acceptors (Lipinski definition) is 5. The van der Waals surface area contributed by atoms with E-state index in [-0.39, 0.29) is 23.8 Å². The lowest BCUT2D eigenvalue weighted by atomic mass is 9.72. The largest absolute Gasteiger partial charge is 0.497 e. The number of nitrogens with one attached hydrogen (secondary N) is 3. The van der Waals surface area contributed by atoms with Crippen LogP contribution in [0.15, 0.2) is 54.6 Å². The molecule has 0 spiro atoms. The van der Waals surface area contributed by atoms with E-state index in [0.29, 0.717) is 28.7 Å². The standard InChI is InChI=1S/C29H35N3O3S/c1-29(2,3)20-10-15-23-24(16-20)36-28(32-25(33)18-30-17-19-8-6-5-7-9-19)26(23)27(34)31-21-11-13-22(35-4)14-12-21/h5-9,11-14,20,30H,10,15-18H2,1-4H3,(H,31,34)(H,32,33). The molecule has 1 aliphatic carbocycles. The van der Waals surface area contributed by atoms with Crippen molar-refractivity contribution in [1.29, 1.82) is 0 Å². The smallest absolute Gasteiger partial charge is 0.258 e. The summed E-state index contributed by atoms with van der Waals surface area (Å²) in [5.41, 5.74) is 3.65. The average molecular weight is 506 g/mol. The maximum absolute atomic E-state index is 13.5. The number of carbonyl (C=O) groups excluding carboxylic acids is 2. The molecule has 2 amide bonds. The maximum atomic E-state index is 13.5. The Morgan fingerprint density at radius 1 is 1.03 bits per heavy atom. The number of benzene rings is 2. The summed E-state index contributed by atoms with van der Waals surface area (Å²) < 4.78 is 5.22. The second-order valence-corrected chi connectivity index (χ2v) is 11.4. The summed E-state index contributed by atoms with van der Waals surface area (Å²) in [6.07, 6.45) is 2.79. The van der Waals surface area contributed by atoms with E-state index in [4.69, 9.17) is 4.74 Å². The van der Waals surface area contributed by atoms with Crippen LogP contribution in [0, 0.1) is 11.3 Å². The number of rotatable bonds is 8. The number of thiophene rings is 1. The Labute approximate surface area is 217 Å². The first-order chi connectivity index (χ1) is 17.2. The monoisotopic (exact) mass is 505 g/mol. The predicted octanol–water partition coefficient (Wildman–Crippen LogP) is 5.89. The van der Waals surface area contributed by atoms with Crippen molar-refractivity contribution in [1.82, 2.24) is 5.32 Å². The minimum absolute atomic E-state index is 0.157. The second kappa shape index (κ2) is 11.3. The fraction of sp³-hybridized carbons (Fsp3) is 0.379. The van der Waals surface area contributed by atoms with Gasteiger partial charge in [0.2, 0.25) is 5.91 Å². The van der Waals surface area contributed by atoms with Gasteiger partial charge in [-0.15, -0.1) is 11.3 Å². The number of carbonyl (C=O) groups is 2. The summed E-state index contributed by atoms with van der Waals surface area (Å²) in [6, 6.07) is 17.2. The van der Waals surface area contributed by atoms with Crippen molar-refractivity contribution in [2.45, 2.75) is 46.6 Å². The summed E-state index contributed by atoms with van der Waals surface area (Å²) >= 11 is 1.54. The van der Waals surface area contributed by atoms with E-state index >= 15 is 0 Å².